The van der Waals surface area contributed by atoms with Crippen molar-refractivity contribution in [3.63, 3.8) is 0 Å². The number of carbonyl (C=O) groups is 2. The van der Waals surface area contributed by atoms with Crippen molar-refractivity contribution in [2.24, 2.45) is 0 Å². The third-order valence-electron chi connectivity index (χ3n) is 5.12. The second kappa shape index (κ2) is 11.2. The van der Waals surface area contributed by atoms with E-state index < -0.39 is 0 Å². The first-order chi connectivity index (χ1) is 16.9. The molecule has 35 heavy (non-hydrogen) atoms. The van der Waals surface area contributed by atoms with Crippen molar-refractivity contribution in [1.82, 2.24) is 15.2 Å². The van der Waals surface area contributed by atoms with E-state index in [9.17, 15) is 18.4 Å². The van der Waals surface area contributed by atoms with Gasteiger partial charge in [-0.25, -0.2) is 13.8 Å². The molecule has 9 heteroatoms. The molecule has 3 aromatic carbocycles. The molecule has 0 aliphatic rings. The Balaban J connectivity index is 1.48. The molecule has 1 heterocycles. The monoisotopic (exact) mass is 511 g/mol. The fourth-order valence-corrected chi connectivity index (χ4v) is 4.32. The highest BCUT2D eigenvalue weighted by molar-refractivity contribution is 7.09. The van der Waals surface area contributed by atoms with Crippen LogP contribution in [0.25, 0.3) is 0 Å². The summed E-state index contributed by atoms with van der Waals surface area (Å²) in [5.74, 6) is -1.35. The summed E-state index contributed by atoms with van der Waals surface area (Å²) in [5, 5.41) is 5.37. The Bertz CT molecular complexity index is 1330. The fourth-order valence-electron chi connectivity index (χ4n) is 3.34. The van der Waals surface area contributed by atoms with Crippen LogP contribution in [0, 0.1) is 11.6 Å². The standard InChI is InChI=1S/C26H20ClF2N3O2S/c27-20-3-1-2-19(12-20)26(34)32(14-18-6-10-22(29)11-7-18)15-24-31-23(16-35-24)25(33)30-13-17-4-8-21(28)9-5-17/h1-12,16H,13-15H2,(H,30,33). The maximum absolute atomic E-state index is 13.3. The molecule has 178 valence electrons. The molecule has 0 radical (unpaired) electrons. The Morgan fingerprint density at radius 2 is 1.57 bits per heavy atom. The number of carbonyl (C=O) groups excluding carboxylic acids is 2. The quantitative estimate of drug-likeness (QED) is 0.323. The second-order valence-corrected chi connectivity index (χ2v) is 9.11. The summed E-state index contributed by atoms with van der Waals surface area (Å²) in [7, 11) is 0. The summed E-state index contributed by atoms with van der Waals surface area (Å²) >= 11 is 7.32. The van der Waals surface area contributed by atoms with Crippen molar-refractivity contribution in [2.45, 2.75) is 19.6 Å². The van der Waals surface area contributed by atoms with Gasteiger partial charge in [-0.2, -0.15) is 0 Å². The average Bonchev–Trinajstić information content (AvgIpc) is 3.33. The van der Waals surface area contributed by atoms with Crippen molar-refractivity contribution in [1.29, 1.82) is 0 Å². The van der Waals surface area contributed by atoms with Gasteiger partial charge in [0.15, 0.2) is 0 Å². The molecule has 4 rings (SSSR count). The van der Waals surface area contributed by atoms with Gasteiger partial charge in [0, 0.05) is 29.1 Å². The van der Waals surface area contributed by atoms with Gasteiger partial charge in [0.2, 0.25) is 0 Å². The van der Waals surface area contributed by atoms with E-state index >= 15 is 0 Å². The first-order valence-corrected chi connectivity index (χ1v) is 11.9. The lowest BCUT2D eigenvalue weighted by Crippen LogP contribution is -2.30. The highest BCUT2D eigenvalue weighted by Gasteiger charge is 2.20. The van der Waals surface area contributed by atoms with Gasteiger partial charge < -0.3 is 10.2 Å². The van der Waals surface area contributed by atoms with Gasteiger partial charge in [-0.3, -0.25) is 9.59 Å². The molecule has 4 aromatic rings. The molecule has 5 nitrogen and oxygen atoms in total. The lowest BCUT2D eigenvalue weighted by Gasteiger charge is -2.22. The van der Waals surface area contributed by atoms with Crippen LogP contribution in [0.1, 0.15) is 37.0 Å². The van der Waals surface area contributed by atoms with Crippen molar-refractivity contribution in [2.75, 3.05) is 0 Å². The average molecular weight is 512 g/mol. The maximum atomic E-state index is 13.3. The van der Waals surface area contributed by atoms with E-state index in [2.05, 4.69) is 10.3 Å². The van der Waals surface area contributed by atoms with Crippen LogP contribution in [0.3, 0.4) is 0 Å². The van der Waals surface area contributed by atoms with Gasteiger partial charge in [-0.1, -0.05) is 41.9 Å². The normalized spacial score (nSPS) is 10.7. The Morgan fingerprint density at radius 3 is 2.23 bits per heavy atom. The van der Waals surface area contributed by atoms with Crippen LogP contribution in [0.5, 0.6) is 0 Å². The molecule has 1 aromatic heterocycles. The lowest BCUT2D eigenvalue weighted by atomic mass is 10.1. The van der Waals surface area contributed by atoms with Crippen LogP contribution in [-0.4, -0.2) is 21.7 Å². The van der Waals surface area contributed by atoms with Gasteiger partial charge in [0.1, 0.15) is 22.3 Å². The third-order valence-corrected chi connectivity index (χ3v) is 6.19. The van der Waals surface area contributed by atoms with Crippen LogP contribution >= 0.6 is 22.9 Å². The number of amides is 2. The topological polar surface area (TPSA) is 62.3 Å². The van der Waals surface area contributed by atoms with Crippen LogP contribution in [-0.2, 0) is 19.6 Å². The van der Waals surface area contributed by atoms with Crippen LogP contribution in [0.15, 0.2) is 78.2 Å². The zero-order valence-corrected chi connectivity index (χ0v) is 20.0. The number of thiazole rings is 1. The van der Waals surface area contributed by atoms with Gasteiger partial charge in [-0.05, 0) is 53.6 Å². The number of hydrogen-bond donors (Lipinski definition) is 1. The minimum atomic E-state index is -0.372. The van der Waals surface area contributed by atoms with Crippen LogP contribution < -0.4 is 5.32 Å². The molecule has 0 atom stereocenters. The molecule has 0 unspecified atom stereocenters. The van der Waals surface area contributed by atoms with E-state index in [1.54, 1.807) is 58.8 Å². The fraction of sp³-hybridized carbons (Fsp3) is 0.115. The van der Waals surface area contributed by atoms with E-state index in [0.717, 1.165) is 11.1 Å². The minimum Gasteiger partial charge on any atom is -0.347 e. The highest BCUT2D eigenvalue weighted by atomic mass is 35.5. The van der Waals surface area contributed by atoms with Crippen molar-refractivity contribution in [3.05, 3.63) is 122 Å². The van der Waals surface area contributed by atoms with E-state index in [0.29, 0.717) is 15.6 Å². The Labute approximate surface area is 210 Å². The molecule has 0 spiro atoms. The molecule has 0 saturated carbocycles. The third kappa shape index (κ3) is 6.71. The first kappa shape index (κ1) is 24.5. The summed E-state index contributed by atoms with van der Waals surface area (Å²) in [6.07, 6.45) is 0. The van der Waals surface area contributed by atoms with Crippen LogP contribution in [0.4, 0.5) is 8.78 Å². The molecular weight excluding hydrogens is 492 g/mol. The Kier molecular flexibility index (Phi) is 7.84. The number of nitrogens with one attached hydrogen (secondary N) is 1. The summed E-state index contributed by atoms with van der Waals surface area (Å²) < 4.78 is 26.4. The summed E-state index contributed by atoms with van der Waals surface area (Å²) in [6, 6.07) is 18.4. The highest BCUT2D eigenvalue weighted by Crippen LogP contribution is 2.19. The number of benzene rings is 3. The SMILES string of the molecule is O=C(NCc1ccc(F)cc1)c1csc(CN(Cc2ccc(F)cc2)C(=O)c2cccc(Cl)c2)n1. The predicted molar refractivity (Wildman–Crippen MR) is 131 cm³/mol. The van der Waals surface area contributed by atoms with Crippen molar-refractivity contribution < 1.29 is 18.4 Å². The lowest BCUT2D eigenvalue weighted by molar-refractivity contribution is 0.0730. The number of rotatable bonds is 8. The molecule has 0 fully saturated rings. The van der Waals surface area contributed by atoms with E-state index in [1.807, 2.05) is 0 Å². The zero-order chi connectivity index (χ0) is 24.8. The molecule has 0 bridgehead atoms. The smallest absolute Gasteiger partial charge is 0.271 e. The van der Waals surface area contributed by atoms with Gasteiger partial charge >= 0.3 is 0 Å². The minimum absolute atomic E-state index is 0.151. The molecule has 0 aliphatic heterocycles. The Morgan fingerprint density at radius 1 is 0.914 bits per heavy atom. The molecular formula is C26H20ClF2N3O2S. The number of aromatic nitrogens is 1. The largest absolute Gasteiger partial charge is 0.347 e. The summed E-state index contributed by atoms with van der Waals surface area (Å²) in [4.78, 5) is 31.7. The molecule has 0 saturated heterocycles. The predicted octanol–water partition coefficient (Wildman–Crippen LogP) is 5.85. The summed E-state index contributed by atoms with van der Waals surface area (Å²) in [5.41, 5.74) is 2.14. The van der Waals surface area contributed by atoms with E-state index in [1.165, 1.54) is 35.6 Å². The number of nitrogens with zero attached hydrogens (tertiary/aromatic N) is 2. The maximum Gasteiger partial charge on any atom is 0.271 e. The van der Waals surface area contributed by atoms with Crippen molar-refractivity contribution in [3.8, 4) is 0 Å². The zero-order valence-electron chi connectivity index (χ0n) is 18.4. The molecule has 1 N–H and O–H groups in total. The summed E-state index contributed by atoms with van der Waals surface area (Å²) in [6.45, 7) is 0.603. The van der Waals surface area contributed by atoms with Gasteiger partial charge in [0.25, 0.3) is 11.8 Å². The van der Waals surface area contributed by atoms with Crippen LogP contribution in [0.2, 0.25) is 5.02 Å². The first-order valence-electron chi connectivity index (χ1n) is 10.6. The second-order valence-electron chi connectivity index (χ2n) is 7.73. The van der Waals surface area contributed by atoms with Crippen molar-refractivity contribution >= 4 is 34.8 Å². The number of hydrogen-bond acceptors (Lipinski definition) is 4. The number of halogens is 3. The van der Waals surface area contributed by atoms with Gasteiger partial charge in [-0.15, -0.1) is 11.3 Å². The van der Waals surface area contributed by atoms with E-state index in [4.69, 9.17) is 11.6 Å². The molecule has 2 amide bonds. The van der Waals surface area contributed by atoms with Gasteiger partial charge in [0.05, 0.1) is 6.54 Å². The molecule has 0 aliphatic carbocycles. The van der Waals surface area contributed by atoms with E-state index in [-0.39, 0.29) is 48.8 Å². The Hall–Kier alpha value is -3.62.